The smallest absolute Gasteiger partial charge is 0.268 e. The Hall–Kier alpha value is -2.02. The van der Waals surface area contributed by atoms with Crippen molar-refractivity contribution in [3.8, 4) is 0 Å². The molecule has 0 saturated carbocycles. The van der Waals surface area contributed by atoms with Crippen molar-refractivity contribution in [1.29, 1.82) is 0 Å². The summed E-state index contributed by atoms with van der Waals surface area (Å²) < 4.78 is 65.3. The van der Waals surface area contributed by atoms with Gasteiger partial charge in [-0.15, -0.1) is 0 Å². The molecular formula is C14H12F3NO2S. The lowest BCUT2D eigenvalue weighted by atomic mass is 10.2. The molecule has 0 atom stereocenters. The number of rotatable bonds is 4. The zero-order valence-electron chi connectivity index (χ0n) is 11.0. The second kappa shape index (κ2) is 5.77. The number of benzene rings is 2. The van der Waals surface area contributed by atoms with E-state index in [2.05, 4.69) is 0 Å². The number of halogens is 3. The van der Waals surface area contributed by atoms with Gasteiger partial charge in [-0.1, -0.05) is 23.8 Å². The molecule has 0 saturated heterocycles. The molecule has 0 fully saturated rings. The molecule has 0 radical (unpaired) electrons. The van der Waals surface area contributed by atoms with E-state index in [1.54, 1.807) is 19.1 Å². The van der Waals surface area contributed by atoms with Gasteiger partial charge in [0.25, 0.3) is 16.4 Å². The fraction of sp³-hybridized carbons (Fsp3) is 0.143. The standard InChI is InChI=1S/C14H12F3NO2S/c1-9-5-7-10(8-6-9)21(19,20)18-12-4-2-3-11(15)13(12)14(16)17/h2-8,14,18H,1H3. The monoisotopic (exact) mass is 315 g/mol. The van der Waals surface area contributed by atoms with Crippen LogP contribution in [0.3, 0.4) is 0 Å². The molecule has 1 N–H and O–H groups in total. The van der Waals surface area contributed by atoms with Gasteiger partial charge in [0.15, 0.2) is 0 Å². The van der Waals surface area contributed by atoms with Gasteiger partial charge in [0.2, 0.25) is 0 Å². The van der Waals surface area contributed by atoms with Crippen molar-refractivity contribution in [3.05, 3.63) is 59.4 Å². The Balaban J connectivity index is 2.42. The van der Waals surface area contributed by atoms with E-state index >= 15 is 0 Å². The third kappa shape index (κ3) is 3.36. The highest BCUT2D eigenvalue weighted by Crippen LogP contribution is 2.31. The molecule has 0 aliphatic carbocycles. The molecule has 2 rings (SSSR count). The third-order valence-electron chi connectivity index (χ3n) is 2.85. The van der Waals surface area contributed by atoms with Crippen molar-refractivity contribution in [2.45, 2.75) is 18.2 Å². The predicted octanol–water partition coefficient (Wildman–Crippen LogP) is 3.87. The molecular weight excluding hydrogens is 303 g/mol. The predicted molar refractivity (Wildman–Crippen MR) is 73.3 cm³/mol. The first-order valence-electron chi connectivity index (χ1n) is 5.97. The van der Waals surface area contributed by atoms with Gasteiger partial charge in [0.05, 0.1) is 16.1 Å². The minimum absolute atomic E-state index is 0.0856. The molecule has 3 nitrogen and oxygen atoms in total. The highest BCUT2D eigenvalue weighted by atomic mass is 32.2. The quantitative estimate of drug-likeness (QED) is 0.931. The normalized spacial score (nSPS) is 11.7. The molecule has 0 aliphatic heterocycles. The van der Waals surface area contributed by atoms with Crippen molar-refractivity contribution in [3.63, 3.8) is 0 Å². The Kier molecular flexibility index (Phi) is 4.22. The van der Waals surface area contributed by atoms with Crippen LogP contribution in [0, 0.1) is 12.7 Å². The molecule has 0 heterocycles. The Morgan fingerprint density at radius 1 is 1.05 bits per heavy atom. The molecule has 0 aliphatic rings. The summed E-state index contributed by atoms with van der Waals surface area (Å²) in [5.41, 5.74) is -0.577. The minimum atomic E-state index is -4.05. The summed E-state index contributed by atoms with van der Waals surface area (Å²) in [6.45, 7) is 1.78. The first-order valence-corrected chi connectivity index (χ1v) is 7.45. The van der Waals surface area contributed by atoms with Crippen LogP contribution in [0.1, 0.15) is 17.6 Å². The van der Waals surface area contributed by atoms with E-state index in [1.165, 1.54) is 12.1 Å². The fourth-order valence-electron chi connectivity index (χ4n) is 1.77. The van der Waals surface area contributed by atoms with E-state index in [-0.39, 0.29) is 4.90 Å². The van der Waals surface area contributed by atoms with Crippen LogP contribution < -0.4 is 4.72 Å². The second-order valence-corrected chi connectivity index (χ2v) is 6.10. The minimum Gasteiger partial charge on any atom is -0.279 e. The summed E-state index contributed by atoms with van der Waals surface area (Å²) >= 11 is 0. The van der Waals surface area contributed by atoms with Crippen molar-refractivity contribution < 1.29 is 21.6 Å². The van der Waals surface area contributed by atoms with Gasteiger partial charge < -0.3 is 0 Å². The molecule has 0 unspecified atom stereocenters. The molecule has 2 aromatic carbocycles. The topological polar surface area (TPSA) is 46.2 Å². The van der Waals surface area contributed by atoms with E-state index < -0.39 is 33.5 Å². The van der Waals surface area contributed by atoms with Crippen LogP contribution in [0.15, 0.2) is 47.4 Å². The number of aryl methyl sites for hydroxylation is 1. The largest absolute Gasteiger partial charge is 0.279 e. The molecule has 0 aromatic heterocycles. The van der Waals surface area contributed by atoms with E-state index in [0.717, 1.165) is 23.8 Å². The average molecular weight is 315 g/mol. The lowest BCUT2D eigenvalue weighted by molar-refractivity contribution is 0.147. The summed E-state index contributed by atoms with van der Waals surface area (Å²) in [6, 6.07) is 8.95. The number of hydrogen-bond donors (Lipinski definition) is 1. The summed E-state index contributed by atoms with van der Waals surface area (Å²) in [7, 11) is -4.05. The van der Waals surface area contributed by atoms with Gasteiger partial charge in [-0.25, -0.2) is 21.6 Å². The molecule has 7 heteroatoms. The fourth-order valence-corrected chi connectivity index (χ4v) is 2.85. The number of nitrogens with one attached hydrogen (secondary N) is 1. The first-order chi connectivity index (χ1) is 9.81. The maximum absolute atomic E-state index is 13.4. The van der Waals surface area contributed by atoms with Gasteiger partial charge in [0, 0.05) is 0 Å². The van der Waals surface area contributed by atoms with Crippen molar-refractivity contribution in [2.24, 2.45) is 0 Å². The summed E-state index contributed by atoms with van der Waals surface area (Å²) in [5.74, 6) is -1.16. The number of hydrogen-bond acceptors (Lipinski definition) is 2. The Bertz CT molecular complexity index is 743. The first kappa shape index (κ1) is 15.4. The highest BCUT2D eigenvalue weighted by Gasteiger charge is 2.22. The van der Waals surface area contributed by atoms with E-state index in [4.69, 9.17) is 0 Å². The maximum Gasteiger partial charge on any atom is 0.268 e. The molecule has 0 bridgehead atoms. The summed E-state index contributed by atoms with van der Waals surface area (Å²) in [6.07, 6.45) is -3.12. The van der Waals surface area contributed by atoms with Crippen molar-refractivity contribution in [1.82, 2.24) is 0 Å². The van der Waals surface area contributed by atoms with Crippen LogP contribution in [0.25, 0.3) is 0 Å². The molecule has 112 valence electrons. The van der Waals surface area contributed by atoms with Crippen LogP contribution in [-0.2, 0) is 10.0 Å². The lowest BCUT2D eigenvalue weighted by Gasteiger charge is -2.13. The van der Waals surface area contributed by atoms with E-state index in [0.29, 0.717) is 0 Å². The van der Waals surface area contributed by atoms with Crippen LogP contribution in [0.2, 0.25) is 0 Å². The zero-order chi connectivity index (χ0) is 15.6. The van der Waals surface area contributed by atoms with Crippen LogP contribution >= 0.6 is 0 Å². The van der Waals surface area contributed by atoms with Crippen molar-refractivity contribution >= 4 is 15.7 Å². The van der Waals surface area contributed by atoms with Crippen LogP contribution in [-0.4, -0.2) is 8.42 Å². The Morgan fingerprint density at radius 3 is 2.24 bits per heavy atom. The molecule has 0 spiro atoms. The van der Waals surface area contributed by atoms with Gasteiger partial charge in [0.1, 0.15) is 5.82 Å². The van der Waals surface area contributed by atoms with Gasteiger partial charge in [-0.05, 0) is 31.2 Å². The zero-order valence-corrected chi connectivity index (χ0v) is 11.8. The number of anilines is 1. The van der Waals surface area contributed by atoms with E-state index in [1.807, 2.05) is 4.72 Å². The SMILES string of the molecule is Cc1ccc(S(=O)(=O)Nc2cccc(F)c2C(F)F)cc1. The molecule has 21 heavy (non-hydrogen) atoms. The second-order valence-electron chi connectivity index (χ2n) is 4.42. The summed E-state index contributed by atoms with van der Waals surface area (Å²) in [4.78, 5) is -0.0856. The maximum atomic E-state index is 13.4. The molecule has 2 aromatic rings. The lowest BCUT2D eigenvalue weighted by Crippen LogP contribution is -2.15. The van der Waals surface area contributed by atoms with Gasteiger partial charge in [-0.3, -0.25) is 4.72 Å². The Labute approximate surface area is 120 Å². The number of sulfonamides is 1. The molecule has 0 amide bonds. The highest BCUT2D eigenvalue weighted by molar-refractivity contribution is 7.92. The average Bonchev–Trinajstić information content (AvgIpc) is 2.38. The van der Waals surface area contributed by atoms with E-state index in [9.17, 15) is 21.6 Å². The van der Waals surface area contributed by atoms with Gasteiger partial charge in [-0.2, -0.15) is 0 Å². The third-order valence-corrected chi connectivity index (χ3v) is 4.23. The van der Waals surface area contributed by atoms with Gasteiger partial charge >= 0.3 is 0 Å². The van der Waals surface area contributed by atoms with Crippen molar-refractivity contribution in [2.75, 3.05) is 4.72 Å². The Morgan fingerprint density at radius 2 is 1.67 bits per heavy atom. The summed E-state index contributed by atoms with van der Waals surface area (Å²) in [5, 5.41) is 0. The number of alkyl halides is 2. The van der Waals surface area contributed by atoms with Crippen LogP contribution in [0.4, 0.5) is 18.9 Å². The van der Waals surface area contributed by atoms with Crippen LogP contribution in [0.5, 0.6) is 0 Å².